The summed E-state index contributed by atoms with van der Waals surface area (Å²) in [5.41, 5.74) is 1.85. The monoisotopic (exact) mass is 465 g/mol. The summed E-state index contributed by atoms with van der Waals surface area (Å²) in [6.45, 7) is 2.56. The smallest absolute Gasteiger partial charge is 0.365 e. The molecule has 3 aliphatic rings. The lowest BCUT2D eigenvalue weighted by Gasteiger charge is -2.48. The molecule has 1 aliphatic heterocycles. The fourth-order valence-electron chi connectivity index (χ4n) is 5.78. The van der Waals surface area contributed by atoms with E-state index in [9.17, 15) is 18.0 Å². The Labute approximate surface area is 194 Å². The van der Waals surface area contributed by atoms with E-state index in [1.807, 2.05) is 42.2 Å². The van der Waals surface area contributed by atoms with Crippen molar-refractivity contribution in [2.75, 3.05) is 11.9 Å². The molecule has 1 saturated heterocycles. The summed E-state index contributed by atoms with van der Waals surface area (Å²) in [7, 11) is 0. The van der Waals surface area contributed by atoms with Crippen molar-refractivity contribution in [1.29, 1.82) is 0 Å². The molecule has 0 bridgehead atoms. The molecule has 1 amide bonds. The third-order valence-electron chi connectivity index (χ3n) is 7.46. The zero-order valence-corrected chi connectivity index (χ0v) is 18.4. The minimum absolute atomic E-state index is 0.0213. The molecule has 0 aromatic carbocycles. The SMILES string of the molecule is Cc1ccc(C(=O)N2CC3CC34CC(Nc3ccc(C(F)(F)F)cn3)C24)c(-c2ccccn2)n1. The van der Waals surface area contributed by atoms with E-state index in [-0.39, 0.29) is 23.4 Å². The minimum Gasteiger partial charge on any atom is -0.365 e. The zero-order chi connectivity index (χ0) is 23.7. The van der Waals surface area contributed by atoms with E-state index in [4.69, 9.17) is 0 Å². The maximum absolute atomic E-state index is 13.7. The maximum Gasteiger partial charge on any atom is 0.417 e. The minimum atomic E-state index is -4.42. The molecular formula is C25H22F3N5O. The second-order valence-corrected chi connectivity index (χ2v) is 9.49. The number of piperidine rings is 1. The van der Waals surface area contributed by atoms with Gasteiger partial charge in [0.1, 0.15) is 11.5 Å². The van der Waals surface area contributed by atoms with Crippen LogP contribution in [0.5, 0.6) is 0 Å². The number of nitrogens with one attached hydrogen (secondary N) is 1. The first-order chi connectivity index (χ1) is 16.3. The van der Waals surface area contributed by atoms with Crippen molar-refractivity contribution in [3.63, 3.8) is 0 Å². The van der Waals surface area contributed by atoms with Gasteiger partial charge in [-0.1, -0.05) is 6.07 Å². The normalized spacial score (nSPS) is 26.9. The second-order valence-electron chi connectivity index (χ2n) is 9.49. The third kappa shape index (κ3) is 3.25. The highest BCUT2D eigenvalue weighted by Gasteiger charge is 2.75. The van der Waals surface area contributed by atoms with Crippen LogP contribution < -0.4 is 5.32 Å². The van der Waals surface area contributed by atoms with Gasteiger partial charge in [0, 0.05) is 30.7 Å². The lowest BCUT2D eigenvalue weighted by molar-refractivity contribution is -0.137. The zero-order valence-electron chi connectivity index (χ0n) is 18.4. The van der Waals surface area contributed by atoms with Crippen molar-refractivity contribution in [1.82, 2.24) is 19.9 Å². The number of rotatable bonds is 4. The topological polar surface area (TPSA) is 71.0 Å². The van der Waals surface area contributed by atoms with Crippen molar-refractivity contribution in [2.45, 2.75) is 38.0 Å². The van der Waals surface area contributed by atoms with Crippen LogP contribution in [0.4, 0.5) is 19.0 Å². The average Bonchev–Trinajstić information content (AvgIpc) is 3.47. The number of halogens is 3. The number of hydrogen-bond acceptors (Lipinski definition) is 5. The van der Waals surface area contributed by atoms with E-state index in [1.165, 1.54) is 6.07 Å². The van der Waals surface area contributed by atoms with Crippen molar-refractivity contribution in [3.8, 4) is 11.4 Å². The summed E-state index contributed by atoms with van der Waals surface area (Å²) in [4.78, 5) is 28.6. The first kappa shape index (κ1) is 21.1. The molecular weight excluding hydrogens is 443 g/mol. The van der Waals surface area contributed by atoms with Gasteiger partial charge >= 0.3 is 6.18 Å². The number of nitrogens with zero attached hydrogens (tertiary/aromatic N) is 4. The summed E-state index contributed by atoms with van der Waals surface area (Å²) in [6.07, 6.45) is 0.0602. The van der Waals surface area contributed by atoms with Crippen LogP contribution in [0.1, 0.15) is 34.5 Å². The lowest BCUT2D eigenvalue weighted by Crippen LogP contribution is -2.60. The van der Waals surface area contributed by atoms with Gasteiger partial charge < -0.3 is 10.2 Å². The number of carbonyl (C=O) groups is 1. The highest BCUT2D eigenvalue weighted by molar-refractivity contribution is 6.00. The standard InChI is InChI=1S/C25H22F3N5O/c1-14-5-7-17(21(31-14)18-4-2-3-9-29-18)23(34)33-13-16-10-24(16)11-19(22(24)33)32-20-8-6-15(12-30-20)25(26,27)28/h2-9,12,16,19,22H,10-11,13H2,1H3,(H,30,32). The quantitative estimate of drug-likeness (QED) is 0.611. The van der Waals surface area contributed by atoms with E-state index in [0.29, 0.717) is 35.2 Å². The van der Waals surface area contributed by atoms with Gasteiger partial charge in [-0.3, -0.25) is 14.8 Å². The van der Waals surface area contributed by atoms with Crippen LogP contribution >= 0.6 is 0 Å². The summed E-state index contributed by atoms with van der Waals surface area (Å²) in [5, 5.41) is 3.27. The summed E-state index contributed by atoms with van der Waals surface area (Å²) in [6, 6.07) is 11.5. The Bertz CT molecular complexity index is 1260. The van der Waals surface area contributed by atoms with E-state index in [0.717, 1.165) is 30.8 Å². The fraction of sp³-hybridized carbons (Fsp3) is 0.360. The van der Waals surface area contributed by atoms with Gasteiger partial charge in [0.15, 0.2) is 0 Å². The summed E-state index contributed by atoms with van der Waals surface area (Å²) < 4.78 is 38.6. The largest absolute Gasteiger partial charge is 0.417 e. The first-order valence-corrected chi connectivity index (χ1v) is 11.3. The molecule has 1 spiro atoms. The van der Waals surface area contributed by atoms with Crippen LogP contribution in [-0.2, 0) is 6.18 Å². The first-order valence-electron chi connectivity index (χ1n) is 11.3. The number of carbonyl (C=O) groups excluding carboxylic acids is 1. The number of anilines is 1. The molecule has 174 valence electrons. The highest BCUT2D eigenvalue weighted by Crippen LogP contribution is 2.71. The number of aryl methyl sites for hydroxylation is 1. The number of likely N-dealkylation sites (tertiary alicyclic amines) is 1. The number of alkyl halides is 3. The molecule has 3 aromatic rings. The molecule has 4 heterocycles. The molecule has 9 heteroatoms. The molecule has 2 aliphatic carbocycles. The van der Waals surface area contributed by atoms with Gasteiger partial charge in [0.25, 0.3) is 5.91 Å². The van der Waals surface area contributed by atoms with E-state index < -0.39 is 11.7 Å². The van der Waals surface area contributed by atoms with Crippen LogP contribution in [0, 0.1) is 18.3 Å². The van der Waals surface area contributed by atoms with Gasteiger partial charge in [0.05, 0.1) is 22.9 Å². The number of amides is 1. The van der Waals surface area contributed by atoms with Crippen LogP contribution in [0.3, 0.4) is 0 Å². The Morgan fingerprint density at radius 2 is 1.97 bits per heavy atom. The Morgan fingerprint density at radius 1 is 1.12 bits per heavy atom. The number of aromatic nitrogens is 3. The molecule has 3 aromatic heterocycles. The third-order valence-corrected chi connectivity index (χ3v) is 7.46. The van der Waals surface area contributed by atoms with Crippen molar-refractivity contribution < 1.29 is 18.0 Å². The van der Waals surface area contributed by atoms with Crippen LogP contribution in [-0.4, -0.2) is 44.4 Å². The lowest BCUT2D eigenvalue weighted by atomic mass is 9.71. The predicted octanol–water partition coefficient (Wildman–Crippen LogP) is 4.58. The average molecular weight is 465 g/mol. The van der Waals surface area contributed by atoms with Crippen molar-refractivity contribution >= 4 is 11.7 Å². The number of hydrogen-bond donors (Lipinski definition) is 1. The van der Waals surface area contributed by atoms with Gasteiger partial charge in [-0.25, -0.2) is 4.98 Å². The van der Waals surface area contributed by atoms with Gasteiger partial charge in [-0.05, 0) is 67.5 Å². The summed E-state index contributed by atoms with van der Waals surface area (Å²) >= 11 is 0. The molecule has 4 atom stereocenters. The van der Waals surface area contributed by atoms with Gasteiger partial charge in [0.2, 0.25) is 0 Å². The molecule has 6 nitrogen and oxygen atoms in total. The maximum atomic E-state index is 13.7. The summed E-state index contributed by atoms with van der Waals surface area (Å²) in [5.74, 6) is 0.768. The molecule has 6 rings (SSSR count). The van der Waals surface area contributed by atoms with Crippen LogP contribution in [0.25, 0.3) is 11.4 Å². The van der Waals surface area contributed by atoms with Crippen molar-refractivity contribution in [2.24, 2.45) is 11.3 Å². The van der Waals surface area contributed by atoms with Gasteiger partial charge in [-0.2, -0.15) is 13.2 Å². The van der Waals surface area contributed by atoms with E-state index in [1.54, 1.807) is 6.20 Å². The highest BCUT2D eigenvalue weighted by atomic mass is 19.4. The Hall–Kier alpha value is -3.49. The van der Waals surface area contributed by atoms with Gasteiger partial charge in [-0.15, -0.1) is 0 Å². The van der Waals surface area contributed by atoms with Crippen molar-refractivity contribution in [3.05, 3.63) is 71.7 Å². The predicted molar refractivity (Wildman–Crippen MR) is 119 cm³/mol. The molecule has 1 N–H and O–H groups in total. The number of pyridine rings is 3. The molecule has 0 radical (unpaired) electrons. The van der Waals surface area contributed by atoms with Crippen LogP contribution in [0.15, 0.2) is 54.9 Å². The Morgan fingerprint density at radius 3 is 2.68 bits per heavy atom. The van der Waals surface area contributed by atoms with E-state index >= 15 is 0 Å². The Kier molecular flexibility index (Phi) is 4.49. The molecule has 4 unspecified atom stereocenters. The van der Waals surface area contributed by atoms with Crippen LogP contribution in [0.2, 0.25) is 0 Å². The Balaban J connectivity index is 1.26. The molecule has 2 saturated carbocycles. The molecule has 3 fully saturated rings. The molecule has 34 heavy (non-hydrogen) atoms. The fourth-order valence-corrected chi connectivity index (χ4v) is 5.78. The second kappa shape index (κ2) is 7.25. The van der Waals surface area contributed by atoms with E-state index in [2.05, 4.69) is 20.3 Å².